The van der Waals surface area contributed by atoms with Gasteiger partial charge in [0.1, 0.15) is 6.54 Å². The minimum absolute atomic E-state index is 0.117. The molecule has 25 heavy (non-hydrogen) atoms. The molecule has 1 N–H and O–H groups in total. The van der Waals surface area contributed by atoms with Crippen molar-refractivity contribution in [2.45, 2.75) is 37.3 Å². The highest BCUT2D eigenvalue weighted by atomic mass is 32.2. The number of hydrogen-bond acceptors (Lipinski definition) is 5. The Labute approximate surface area is 146 Å². The Balaban J connectivity index is 1.62. The lowest BCUT2D eigenvalue weighted by atomic mass is 9.97. The van der Waals surface area contributed by atoms with E-state index in [-0.39, 0.29) is 36.5 Å². The number of aliphatic carboxylic acids is 1. The first kappa shape index (κ1) is 17.9. The SMILES string of the molecule is O=C(O)Cn1cnc(S(=O)(=O)N2CCC(C(=O)N3CCCC3)CC2)c1. The Morgan fingerprint density at radius 2 is 1.80 bits per heavy atom. The zero-order valence-corrected chi connectivity index (χ0v) is 14.7. The van der Waals surface area contributed by atoms with Gasteiger partial charge in [-0.3, -0.25) is 9.59 Å². The summed E-state index contributed by atoms with van der Waals surface area (Å²) in [6, 6.07) is 0. The van der Waals surface area contributed by atoms with Gasteiger partial charge in [0.25, 0.3) is 10.0 Å². The van der Waals surface area contributed by atoms with E-state index in [2.05, 4.69) is 4.98 Å². The molecule has 2 aliphatic rings. The van der Waals surface area contributed by atoms with Gasteiger partial charge >= 0.3 is 5.97 Å². The number of aromatic nitrogens is 2. The van der Waals surface area contributed by atoms with E-state index in [4.69, 9.17) is 5.11 Å². The second-order valence-electron chi connectivity index (χ2n) is 6.49. The first-order valence-corrected chi connectivity index (χ1v) is 9.84. The third-order valence-electron chi connectivity index (χ3n) is 4.75. The van der Waals surface area contributed by atoms with E-state index in [1.165, 1.54) is 21.4 Å². The second kappa shape index (κ2) is 7.12. The zero-order valence-electron chi connectivity index (χ0n) is 13.9. The third kappa shape index (κ3) is 3.84. The van der Waals surface area contributed by atoms with Crippen molar-refractivity contribution in [2.75, 3.05) is 26.2 Å². The molecule has 0 unspecified atom stereocenters. The Bertz CT molecular complexity index is 746. The summed E-state index contributed by atoms with van der Waals surface area (Å²) in [6.45, 7) is 1.82. The van der Waals surface area contributed by atoms with Crippen LogP contribution in [0.15, 0.2) is 17.6 Å². The van der Waals surface area contributed by atoms with E-state index < -0.39 is 16.0 Å². The number of carbonyl (C=O) groups excluding carboxylic acids is 1. The van der Waals surface area contributed by atoms with Gasteiger partial charge in [-0.2, -0.15) is 4.31 Å². The molecule has 0 radical (unpaired) electrons. The van der Waals surface area contributed by atoms with Crippen molar-refractivity contribution in [3.05, 3.63) is 12.5 Å². The van der Waals surface area contributed by atoms with Crippen molar-refractivity contribution in [1.29, 1.82) is 0 Å². The molecule has 3 heterocycles. The van der Waals surface area contributed by atoms with Crippen molar-refractivity contribution < 1.29 is 23.1 Å². The van der Waals surface area contributed by atoms with E-state index in [1.807, 2.05) is 4.90 Å². The fourth-order valence-corrected chi connectivity index (χ4v) is 4.79. The lowest BCUT2D eigenvalue weighted by Gasteiger charge is -2.32. The largest absolute Gasteiger partial charge is 0.480 e. The topological polar surface area (TPSA) is 113 Å². The summed E-state index contributed by atoms with van der Waals surface area (Å²) in [6.07, 6.45) is 5.51. The van der Waals surface area contributed by atoms with Crippen LogP contribution in [0.2, 0.25) is 0 Å². The summed E-state index contributed by atoms with van der Waals surface area (Å²) < 4.78 is 27.8. The predicted octanol–water partition coefficient (Wildman–Crippen LogP) is -0.00920. The van der Waals surface area contributed by atoms with E-state index >= 15 is 0 Å². The number of imidazole rings is 1. The van der Waals surface area contributed by atoms with E-state index in [9.17, 15) is 18.0 Å². The van der Waals surface area contributed by atoms with Crippen LogP contribution in [0, 0.1) is 5.92 Å². The Morgan fingerprint density at radius 1 is 1.16 bits per heavy atom. The van der Waals surface area contributed by atoms with Crippen LogP contribution in [0.4, 0.5) is 0 Å². The maximum atomic E-state index is 12.6. The first-order valence-electron chi connectivity index (χ1n) is 8.40. The molecule has 0 bridgehead atoms. The first-order chi connectivity index (χ1) is 11.9. The average Bonchev–Trinajstić information content (AvgIpc) is 3.25. The van der Waals surface area contributed by atoms with Gasteiger partial charge < -0.3 is 14.6 Å². The third-order valence-corrected chi connectivity index (χ3v) is 6.54. The van der Waals surface area contributed by atoms with Gasteiger partial charge in [-0.05, 0) is 25.7 Å². The van der Waals surface area contributed by atoms with Crippen LogP contribution in [-0.2, 0) is 26.2 Å². The van der Waals surface area contributed by atoms with E-state index in [0.29, 0.717) is 12.8 Å². The van der Waals surface area contributed by atoms with Gasteiger partial charge in [-0.15, -0.1) is 0 Å². The fraction of sp³-hybridized carbons (Fsp3) is 0.667. The molecule has 9 nitrogen and oxygen atoms in total. The molecule has 3 rings (SSSR count). The number of sulfonamides is 1. The van der Waals surface area contributed by atoms with Crippen LogP contribution >= 0.6 is 0 Å². The minimum atomic E-state index is -3.76. The van der Waals surface area contributed by atoms with Gasteiger partial charge in [-0.25, -0.2) is 13.4 Å². The number of carboxylic acids is 1. The molecule has 2 saturated heterocycles. The van der Waals surface area contributed by atoms with Crippen LogP contribution in [-0.4, -0.2) is 70.3 Å². The standard InChI is InChI=1S/C15H22N4O5S/c20-14(21)10-17-9-13(16-11-17)25(23,24)19-7-3-12(4-8-19)15(22)18-5-1-2-6-18/h9,11-12H,1-8,10H2,(H,20,21). The Kier molecular flexibility index (Phi) is 5.09. The molecule has 10 heteroatoms. The highest BCUT2D eigenvalue weighted by molar-refractivity contribution is 7.89. The molecule has 2 aliphatic heterocycles. The quantitative estimate of drug-likeness (QED) is 0.780. The number of carboxylic acid groups (broad SMARTS) is 1. The smallest absolute Gasteiger partial charge is 0.323 e. The molecule has 0 saturated carbocycles. The van der Waals surface area contributed by atoms with Gasteiger partial charge in [-0.1, -0.05) is 0 Å². The Morgan fingerprint density at radius 3 is 2.40 bits per heavy atom. The van der Waals surface area contributed by atoms with Gasteiger partial charge in [0.2, 0.25) is 5.91 Å². The van der Waals surface area contributed by atoms with Crippen LogP contribution in [0.25, 0.3) is 0 Å². The van der Waals surface area contributed by atoms with Crippen LogP contribution in [0.3, 0.4) is 0 Å². The fourth-order valence-electron chi connectivity index (χ4n) is 3.39. The lowest BCUT2D eigenvalue weighted by Crippen LogP contribution is -2.43. The molecule has 138 valence electrons. The van der Waals surface area contributed by atoms with Crippen molar-refractivity contribution >= 4 is 21.9 Å². The van der Waals surface area contributed by atoms with Crippen molar-refractivity contribution in [3.8, 4) is 0 Å². The number of likely N-dealkylation sites (tertiary alicyclic amines) is 1. The van der Waals surface area contributed by atoms with E-state index in [1.54, 1.807) is 0 Å². The molecule has 1 amide bonds. The summed E-state index contributed by atoms with van der Waals surface area (Å²) in [7, 11) is -3.76. The van der Waals surface area contributed by atoms with Crippen molar-refractivity contribution in [2.24, 2.45) is 5.92 Å². The molecule has 0 aromatic carbocycles. The van der Waals surface area contributed by atoms with Gasteiger partial charge in [0, 0.05) is 38.3 Å². The van der Waals surface area contributed by atoms with Gasteiger partial charge in [0.05, 0.1) is 6.33 Å². The molecular weight excluding hydrogens is 348 g/mol. The van der Waals surface area contributed by atoms with E-state index in [0.717, 1.165) is 25.9 Å². The summed E-state index contributed by atoms with van der Waals surface area (Å²) >= 11 is 0. The summed E-state index contributed by atoms with van der Waals surface area (Å²) in [5.41, 5.74) is 0. The summed E-state index contributed by atoms with van der Waals surface area (Å²) in [4.78, 5) is 28.8. The predicted molar refractivity (Wildman–Crippen MR) is 87.2 cm³/mol. The zero-order chi connectivity index (χ0) is 18.0. The molecular formula is C15H22N4O5S. The number of hydrogen-bond donors (Lipinski definition) is 1. The summed E-state index contributed by atoms with van der Waals surface area (Å²) in [5.74, 6) is -1.04. The number of rotatable bonds is 5. The van der Waals surface area contributed by atoms with Gasteiger partial charge in [0.15, 0.2) is 5.03 Å². The number of amides is 1. The average molecular weight is 370 g/mol. The van der Waals surface area contributed by atoms with Crippen LogP contribution in [0.5, 0.6) is 0 Å². The van der Waals surface area contributed by atoms with Crippen LogP contribution in [0.1, 0.15) is 25.7 Å². The maximum Gasteiger partial charge on any atom is 0.323 e. The second-order valence-corrected chi connectivity index (χ2v) is 8.37. The number of nitrogens with zero attached hydrogens (tertiary/aromatic N) is 4. The minimum Gasteiger partial charge on any atom is -0.480 e. The molecule has 0 aliphatic carbocycles. The number of carbonyl (C=O) groups is 2. The molecule has 0 spiro atoms. The lowest BCUT2D eigenvalue weighted by molar-refractivity contribution is -0.138. The summed E-state index contributed by atoms with van der Waals surface area (Å²) in [5, 5.41) is 8.60. The molecule has 2 fully saturated rings. The Hall–Kier alpha value is -1.94. The maximum absolute atomic E-state index is 12.6. The molecule has 1 aromatic rings. The van der Waals surface area contributed by atoms with Crippen LogP contribution < -0.4 is 0 Å². The highest BCUT2D eigenvalue weighted by Gasteiger charge is 2.35. The highest BCUT2D eigenvalue weighted by Crippen LogP contribution is 2.25. The van der Waals surface area contributed by atoms with Crippen molar-refractivity contribution in [1.82, 2.24) is 18.8 Å². The number of piperidine rings is 1. The molecule has 0 atom stereocenters. The normalized spacial score (nSPS) is 20.1. The monoisotopic (exact) mass is 370 g/mol. The van der Waals surface area contributed by atoms with Crippen molar-refractivity contribution in [3.63, 3.8) is 0 Å². The molecule has 1 aromatic heterocycles.